The van der Waals surface area contributed by atoms with Gasteiger partial charge in [-0.1, -0.05) is 54.7 Å². The second-order valence-electron chi connectivity index (χ2n) is 3.89. The summed E-state index contributed by atoms with van der Waals surface area (Å²) in [5.74, 6) is 0.913. The Bertz CT molecular complexity index is 583. The molecule has 0 aliphatic heterocycles. The maximum Gasteiger partial charge on any atom is 0.134 e. The zero-order valence-corrected chi connectivity index (χ0v) is 9.34. The van der Waals surface area contributed by atoms with Crippen molar-refractivity contribution in [1.82, 2.24) is 0 Å². The van der Waals surface area contributed by atoms with Crippen LogP contribution in [0.15, 0.2) is 77.0 Å². The van der Waals surface area contributed by atoms with Gasteiger partial charge in [-0.3, -0.25) is 0 Å². The van der Waals surface area contributed by atoms with Crippen molar-refractivity contribution in [2.24, 2.45) is 0 Å². The Morgan fingerprint density at radius 2 is 1.41 bits per heavy atom. The number of hydrogen-bond acceptors (Lipinski definition) is 1. The first-order chi connectivity index (χ1) is 8.45. The lowest BCUT2D eigenvalue weighted by molar-refractivity contribution is 0.556. The predicted molar refractivity (Wildman–Crippen MR) is 71.2 cm³/mol. The first-order valence-corrected chi connectivity index (χ1v) is 5.63. The van der Waals surface area contributed by atoms with Crippen LogP contribution in [-0.2, 0) is 0 Å². The molecule has 1 heterocycles. The van der Waals surface area contributed by atoms with E-state index in [1.807, 2.05) is 48.6 Å². The minimum atomic E-state index is 0.913. The molecule has 0 spiro atoms. The van der Waals surface area contributed by atoms with Crippen LogP contribution in [0.25, 0.3) is 11.6 Å². The van der Waals surface area contributed by atoms with Gasteiger partial charge in [-0.25, -0.2) is 0 Å². The maximum atomic E-state index is 5.46. The van der Waals surface area contributed by atoms with Gasteiger partial charge in [-0.05, 0) is 23.3 Å². The Morgan fingerprint density at radius 3 is 2.24 bits per heavy atom. The van der Waals surface area contributed by atoms with Crippen LogP contribution < -0.4 is 0 Å². The molecule has 0 unspecified atom stereocenters. The number of hydrogen-bond donors (Lipinski definition) is 0. The van der Waals surface area contributed by atoms with Gasteiger partial charge in [0.05, 0.1) is 6.26 Å². The van der Waals surface area contributed by atoms with E-state index in [1.165, 1.54) is 11.1 Å². The lowest BCUT2D eigenvalue weighted by atomic mass is 10.00. The molecule has 0 radical (unpaired) electrons. The Kier molecular flexibility index (Phi) is 2.51. The molecule has 0 N–H and O–H groups in total. The molecule has 1 nitrogen and oxygen atoms in total. The highest BCUT2D eigenvalue weighted by molar-refractivity contribution is 5.85. The van der Waals surface area contributed by atoms with Crippen LogP contribution in [0.5, 0.6) is 0 Å². The zero-order chi connectivity index (χ0) is 11.5. The van der Waals surface area contributed by atoms with Crippen molar-refractivity contribution in [3.8, 4) is 0 Å². The highest BCUT2D eigenvalue weighted by Crippen LogP contribution is 2.29. The van der Waals surface area contributed by atoms with E-state index >= 15 is 0 Å². The quantitative estimate of drug-likeness (QED) is 0.635. The summed E-state index contributed by atoms with van der Waals surface area (Å²) in [5.41, 5.74) is 3.52. The van der Waals surface area contributed by atoms with E-state index in [-0.39, 0.29) is 0 Å². The molecular formula is C16H12O. The van der Waals surface area contributed by atoms with Gasteiger partial charge in [0.25, 0.3) is 0 Å². The van der Waals surface area contributed by atoms with Crippen molar-refractivity contribution < 1.29 is 4.42 Å². The lowest BCUT2D eigenvalue weighted by Crippen LogP contribution is -1.85. The third-order valence-electron chi connectivity index (χ3n) is 2.80. The number of fused-ring (bicyclic) bond motifs is 1. The van der Waals surface area contributed by atoms with Crippen molar-refractivity contribution in [3.63, 3.8) is 0 Å². The van der Waals surface area contributed by atoms with E-state index in [2.05, 4.69) is 18.2 Å². The number of rotatable bonds is 0. The van der Waals surface area contributed by atoms with Crippen molar-refractivity contribution in [1.29, 1.82) is 0 Å². The van der Waals surface area contributed by atoms with Crippen LogP contribution in [-0.4, -0.2) is 0 Å². The first-order valence-electron chi connectivity index (χ1n) is 5.63. The Balaban J connectivity index is 2.20. The maximum absolute atomic E-state index is 5.46. The van der Waals surface area contributed by atoms with Gasteiger partial charge in [0, 0.05) is 5.56 Å². The molecule has 0 amide bonds. The van der Waals surface area contributed by atoms with E-state index in [1.54, 1.807) is 6.26 Å². The van der Waals surface area contributed by atoms with Crippen molar-refractivity contribution >= 4 is 11.6 Å². The van der Waals surface area contributed by atoms with E-state index < -0.39 is 0 Å². The van der Waals surface area contributed by atoms with Crippen LogP contribution in [0.4, 0.5) is 0 Å². The van der Waals surface area contributed by atoms with Crippen LogP contribution in [0.3, 0.4) is 0 Å². The molecule has 0 fully saturated rings. The SMILES string of the molecule is C1=CC=CC(=C2C=CC=Cc3occc32)C=C1. The highest BCUT2D eigenvalue weighted by Gasteiger charge is 2.11. The predicted octanol–water partition coefficient (Wildman–Crippen LogP) is 4.30. The topological polar surface area (TPSA) is 13.1 Å². The molecule has 2 aliphatic rings. The normalized spacial score (nSPS) is 17.2. The van der Waals surface area contributed by atoms with Gasteiger partial charge >= 0.3 is 0 Å². The molecule has 0 saturated heterocycles. The Labute approximate surface area is 100 Å². The summed E-state index contributed by atoms with van der Waals surface area (Å²) >= 11 is 0. The van der Waals surface area contributed by atoms with Crippen LogP contribution >= 0.6 is 0 Å². The molecule has 0 bridgehead atoms. The van der Waals surface area contributed by atoms with Gasteiger partial charge in [0.1, 0.15) is 5.76 Å². The Hall–Kier alpha value is -2.28. The summed E-state index contributed by atoms with van der Waals surface area (Å²) in [4.78, 5) is 0. The molecule has 0 saturated carbocycles. The summed E-state index contributed by atoms with van der Waals surface area (Å²) in [6.07, 6.45) is 22.3. The summed E-state index contributed by atoms with van der Waals surface area (Å²) < 4.78 is 5.46. The average molecular weight is 220 g/mol. The highest BCUT2D eigenvalue weighted by atomic mass is 16.3. The van der Waals surface area contributed by atoms with Gasteiger partial charge in [0.2, 0.25) is 0 Å². The van der Waals surface area contributed by atoms with Crippen LogP contribution in [0.1, 0.15) is 11.3 Å². The monoisotopic (exact) mass is 220 g/mol. The zero-order valence-electron chi connectivity index (χ0n) is 9.34. The van der Waals surface area contributed by atoms with Gasteiger partial charge < -0.3 is 4.42 Å². The van der Waals surface area contributed by atoms with E-state index in [0.717, 1.165) is 11.3 Å². The molecule has 3 rings (SSSR count). The van der Waals surface area contributed by atoms with Gasteiger partial charge in [0.15, 0.2) is 0 Å². The number of furan rings is 1. The fraction of sp³-hybridized carbons (Fsp3) is 0. The third kappa shape index (κ3) is 1.87. The van der Waals surface area contributed by atoms with Gasteiger partial charge in [-0.15, -0.1) is 0 Å². The Morgan fingerprint density at radius 1 is 0.706 bits per heavy atom. The fourth-order valence-corrected chi connectivity index (χ4v) is 1.99. The van der Waals surface area contributed by atoms with E-state index in [9.17, 15) is 0 Å². The molecular weight excluding hydrogens is 208 g/mol. The molecule has 1 aromatic heterocycles. The van der Waals surface area contributed by atoms with Crippen molar-refractivity contribution in [2.45, 2.75) is 0 Å². The fourth-order valence-electron chi connectivity index (χ4n) is 1.99. The van der Waals surface area contributed by atoms with Crippen molar-refractivity contribution in [3.05, 3.63) is 83.9 Å². The third-order valence-corrected chi connectivity index (χ3v) is 2.80. The standard InChI is InChI=1S/C16H12O/c1-2-4-8-13(7-3-1)14-9-5-6-10-16-15(14)11-12-17-16/h1-12H. The van der Waals surface area contributed by atoms with Gasteiger partial charge in [-0.2, -0.15) is 0 Å². The molecule has 0 atom stereocenters. The first kappa shape index (κ1) is 9.91. The van der Waals surface area contributed by atoms with Crippen LogP contribution in [0.2, 0.25) is 0 Å². The molecule has 17 heavy (non-hydrogen) atoms. The average Bonchev–Trinajstić information content (AvgIpc) is 2.57. The van der Waals surface area contributed by atoms with E-state index in [4.69, 9.17) is 4.42 Å². The van der Waals surface area contributed by atoms with Crippen molar-refractivity contribution in [2.75, 3.05) is 0 Å². The van der Waals surface area contributed by atoms with E-state index in [0.29, 0.717) is 0 Å². The minimum absolute atomic E-state index is 0.913. The largest absolute Gasteiger partial charge is 0.464 e. The molecule has 82 valence electrons. The molecule has 1 aromatic rings. The summed E-state index contributed by atoms with van der Waals surface area (Å²) in [6, 6.07) is 2.01. The molecule has 1 heteroatoms. The van der Waals surface area contributed by atoms with Crippen LogP contribution in [0, 0.1) is 0 Å². The number of allylic oxidation sites excluding steroid dienone is 11. The second kappa shape index (κ2) is 4.30. The molecule has 2 aliphatic carbocycles. The summed E-state index contributed by atoms with van der Waals surface area (Å²) in [5, 5.41) is 0. The summed E-state index contributed by atoms with van der Waals surface area (Å²) in [6.45, 7) is 0. The lowest BCUT2D eigenvalue weighted by Gasteiger charge is -2.03. The minimum Gasteiger partial charge on any atom is -0.464 e. The second-order valence-corrected chi connectivity index (χ2v) is 3.89. The summed E-state index contributed by atoms with van der Waals surface area (Å²) in [7, 11) is 0. The smallest absolute Gasteiger partial charge is 0.134 e. The molecule has 0 aromatic carbocycles.